The highest BCUT2D eigenvalue weighted by Gasteiger charge is 2.29. The number of hydrogen-bond donors (Lipinski definition) is 1. The standard InChI is InChI=1S/C13H14N4O/c1-17-7-6-11(12(17)18)16-13-14-8-9-4-2-3-5-10(9)15-13/h2-5,8,11H,6-7H2,1H3,(H,14,15,16). The van der Waals surface area contributed by atoms with Gasteiger partial charge in [-0.25, -0.2) is 9.97 Å². The molecule has 2 heterocycles. The molecule has 18 heavy (non-hydrogen) atoms. The SMILES string of the molecule is CN1CCC(Nc2ncc3ccccc3n2)C1=O. The van der Waals surface area contributed by atoms with Crippen LogP contribution in [0.15, 0.2) is 30.5 Å². The van der Waals surface area contributed by atoms with Crippen LogP contribution in [0, 0.1) is 0 Å². The molecule has 0 bridgehead atoms. The van der Waals surface area contributed by atoms with E-state index in [2.05, 4.69) is 15.3 Å². The number of nitrogens with zero attached hydrogens (tertiary/aromatic N) is 3. The van der Waals surface area contributed by atoms with Gasteiger partial charge in [-0.2, -0.15) is 0 Å². The highest BCUT2D eigenvalue weighted by molar-refractivity contribution is 5.86. The summed E-state index contributed by atoms with van der Waals surface area (Å²) in [4.78, 5) is 22.1. The number of amides is 1. The fourth-order valence-electron chi connectivity index (χ4n) is 2.15. The van der Waals surface area contributed by atoms with Crippen molar-refractivity contribution in [1.29, 1.82) is 0 Å². The van der Waals surface area contributed by atoms with Gasteiger partial charge < -0.3 is 10.2 Å². The van der Waals surface area contributed by atoms with E-state index in [1.54, 1.807) is 11.1 Å². The number of anilines is 1. The van der Waals surface area contributed by atoms with Gasteiger partial charge in [0.2, 0.25) is 11.9 Å². The molecule has 1 aliphatic heterocycles. The first-order chi connectivity index (χ1) is 8.74. The van der Waals surface area contributed by atoms with Gasteiger partial charge in [0.15, 0.2) is 0 Å². The molecule has 0 radical (unpaired) electrons. The van der Waals surface area contributed by atoms with Crippen LogP contribution in [0.2, 0.25) is 0 Å². The number of rotatable bonds is 2. The van der Waals surface area contributed by atoms with Crippen LogP contribution in [0.5, 0.6) is 0 Å². The second-order valence-corrected chi connectivity index (χ2v) is 4.50. The largest absolute Gasteiger partial charge is 0.344 e. The highest BCUT2D eigenvalue weighted by atomic mass is 16.2. The summed E-state index contributed by atoms with van der Waals surface area (Å²) in [5.74, 6) is 0.620. The Morgan fingerprint density at radius 2 is 2.22 bits per heavy atom. The fraction of sp³-hybridized carbons (Fsp3) is 0.308. The van der Waals surface area contributed by atoms with Crippen LogP contribution in [0.4, 0.5) is 5.95 Å². The van der Waals surface area contributed by atoms with Crippen LogP contribution >= 0.6 is 0 Å². The van der Waals surface area contributed by atoms with E-state index in [0.29, 0.717) is 5.95 Å². The maximum atomic E-state index is 11.8. The molecule has 1 N–H and O–H groups in total. The Morgan fingerprint density at radius 3 is 3.00 bits per heavy atom. The Balaban J connectivity index is 1.85. The Bertz CT molecular complexity index is 598. The first-order valence-corrected chi connectivity index (χ1v) is 5.97. The predicted octanol–water partition coefficient (Wildman–Crippen LogP) is 1.27. The molecule has 0 spiro atoms. The molecule has 1 saturated heterocycles. The van der Waals surface area contributed by atoms with E-state index in [4.69, 9.17) is 0 Å². The second kappa shape index (κ2) is 4.25. The normalized spacial score (nSPS) is 19.5. The number of para-hydroxylation sites is 1. The Labute approximate surface area is 105 Å². The van der Waals surface area contributed by atoms with E-state index in [9.17, 15) is 4.79 Å². The maximum Gasteiger partial charge on any atom is 0.244 e. The number of likely N-dealkylation sites (N-methyl/N-ethyl adjacent to an activating group) is 1. The number of benzene rings is 1. The van der Waals surface area contributed by atoms with Crippen molar-refractivity contribution in [2.24, 2.45) is 0 Å². The zero-order valence-corrected chi connectivity index (χ0v) is 10.1. The summed E-state index contributed by atoms with van der Waals surface area (Å²) in [5, 5.41) is 4.10. The molecule has 0 saturated carbocycles. The van der Waals surface area contributed by atoms with Crippen molar-refractivity contribution in [2.75, 3.05) is 18.9 Å². The summed E-state index contributed by atoms with van der Waals surface area (Å²) < 4.78 is 0. The molecule has 5 nitrogen and oxygen atoms in total. The quantitative estimate of drug-likeness (QED) is 0.861. The molecule has 1 amide bonds. The van der Waals surface area contributed by atoms with Crippen molar-refractivity contribution in [1.82, 2.24) is 14.9 Å². The zero-order valence-electron chi connectivity index (χ0n) is 10.1. The lowest BCUT2D eigenvalue weighted by molar-refractivity contribution is -0.127. The minimum Gasteiger partial charge on any atom is -0.344 e. The van der Waals surface area contributed by atoms with Crippen LogP contribution in [0.25, 0.3) is 10.9 Å². The molecule has 2 aromatic rings. The van der Waals surface area contributed by atoms with Gasteiger partial charge in [0.1, 0.15) is 6.04 Å². The second-order valence-electron chi connectivity index (χ2n) is 4.50. The minimum absolute atomic E-state index is 0.103. The molecule has 5 heteroatoms. The Hall–Kier alpha value is -2.17. The summed E-state index contributed by atoms with van der Waals surface area (Å²) in [6, 6.07) is 7.59. The summed E-state index contributed by atoms with van der Waals surface area (Å²) in [6.45, 7) is 0.782. The van der Waals surface area contributed by atoms with Crippen molar-refractivity contribution in [3.8, 4) is 0 Å². The lowest BCUT2D eigenvalue weighted by atomic mass is 10.2. The first-order valence-electron chi connectivity index (χ1n) is 5.97. The van der Waals surface area contributed by atoms with Gasteiger partial charge in [-0.05, 0) is 12.5 Å². The van der Waals surface area contributed by atoms with E-state index in [1.807, 2.05) is 31.3 Å². The molecular formula is C13H14N4O. The lowest BCUT2D eigenvalue weighted by Gasteiger charge is -2.12. The molecular weight excluding hydrogens is 228 g/mol. The number of likely N-dealkylation sites (tertiary alicyclic amines) is 1. The third-order valence-corrected chi connectivity index (χ3v) is 3.22. The summed E-state index contributed by atoms with van der Waals surface area (Å²) >= 11 is 0. The molecule has 92 valence electrons. The van der Waals surface area contributed by atoms with Gasteiger partial charge in [-0.1, -0.05) is 18.2 Å². The molecule has 1 aromatic heterocycles. The zero-order chi connectivity index (χ0) is 12.5. The average molecular weight is 242 g/mol. The first kappa shape index (κ1) is 11.0. The molecule has 3 rings (SSSR count). The number of hydrogen-bond acceptors (Lipinski definition) is 4. The monoisotopic (exact) mass is 242 g/mol. The molecule has 1 atom stereocenters. The van der Waals surface area contributed by atoms with Crippen LogP contribution in [0.1, 0.15) is 6.42 Å². The average Bonchev–Trinajstić information content (AvgIpc) is 2.71. The molecule has 1 aliphatic rings. The molecule has 1 fully saturated rings. The van der Waals surface area contributed by atoms with Crippen molar-refractivity contribution in [3.05, 3.63) is 30.5 Å². The summed E-state index contributed by atoms with van der Waals surface area (Å²) in [7, 11) is 1.81. The summed E-state index contributed by atoms with van der Waals surface area (Å²) in [5.41, 5.74) is 0.883. The van der Waals surface area contributed by atoms with E-state index in [0.717, 1.165) is 23.9 Å². The molecule has 1 aromatic carbocycles. The number of carbonyl (C=O) groups is 1. The highest BCUT2D eigenvalue weighted by Crippen LogP contribution is 2.16. The van der Waals surface area contributed by atoms with Crippen LogP contribution in [0.3, 0.4) is 0 Å². The lowest BCUT2D eigenvalue weighted by Crippen LogP contribution is -2.31. The number of nitrogens with one attached hydrogen (secondary N) is 1. The predicted molar refractivity (Wildman–Crippen MR) is 69.2 cm³/mol. The Morgan fingerprint density at radius 1 is 1.39 bits per heavy atom. The number of carbonyl (C=O) groups excluding carboxylic acids is 1. The van der Waals surface area contributed by atoms with Gasteiger partial charge in [0.05, 0.1) is 5.52 Å². The van der Waals surface area contributed by atoms with Crippen LogP contribution in [-0.4, -0.2) is 40.4 Å². The fourth-order valence-corrected chi connectivity index (χ4v) is 2.15. The van der Waals surface area contributed by atoms with E-state index in [-0.39, 0.29) is 11.9 Å². The number of fused-ring (bicyclic) bond motifs is 1. The van der Waals surface area contributed by atoms with Crippen LogP contribution in [-0.2, 0) is 4.79 Å². The topological polar surface area (TPSA) is 58.1 Å². The van der Waals surface area contributed by atoms with Gasteiger partial charge >= 0.3 is 0 Å². The summed E-state index contributed by atoms with van der Waals surface area (Å²) in [6.07, 6.45) is 2.57. The number of aromatic nitrogens is 2. The smallest absolute Gasteiger partial charge is 0.244 e. The maximum absolute atomic E-state index is 11.8. The third kappa shape index (κ3) is 1.88. The van der Waals surface area contributed by atoms with E-state index in [1.165, 1.54) is 0 Å². The van der Waals surface area contributed by atoms with Crippen molar-refractivity contribution in [2.45, 2.75) is 12.5 Å². The minimum atomic E-state index is -0.198. The third-order valence-electron chi connectivity index (χ3n) is 3.22. The molecule has 1 unspecified atom stereocenters. The van der Waals surface area contributed by atoms with Crippen LogP contribution < -0.4 is 5.32 Å². The van der Waals surface area contributed by atoms with Crippen molar-refractivity contribution < 1.29 is 4.79 Å². The van der Waals surface area contributed by atoms with E-state index >= 15 is 0 Å². The Kier molecular flexibility index (Phi) is 2.59. The van der Waals surface area contributed by atoms with Gasteiger partial charge in [-0.3, -0.25) is 4.79 Å². The van der Waals surface area contributed by atoms with Crippen molar-refractivity contribution >= 4 is 22.8 Å². The van der Waals surface area contributed by atoms with Crippen molar-refractivity contribution in [3.63, 3.8) is 0 Å². The van der Waals surface area contributed by atoms with E-state index < -0.39 is 0 Å². The molecule has 0 aliphatic carbocycles. The van der Waals surface area contributed by atoms with Gasteiger partial charge in [-0.15, -0.1) is 0 Å². The van der Waals surface area contributed by atoms with Gasteiger partial charge in [0, 0.05) is 25.2 Å². The van der Waals surface area contributed by atoms with Gasteiger partial charge in [0.25, 0.3) is 0 Å².